The van der Waals surface area contributed by atoms with Gasteiger partial charge in [-0.2, -0.15) is 0 Å². The molecule has 1 aliphatic carbocycles. The molecule has 6 aromatic carbocycles. The molecule has 0 atom stereocenters. The van der Waals surface area contributed by atoms with E-state index in [0.717, 1.165) is 0 Å². The van der Waals surface area contributed by atoms with Crippen LogP contribution in [0.2, 0.25) is 0 Å². The second-order valence-electron chi connectivity index (χ2n) is 11.4. The van der Waals surface area contributed by atoms with Gasteiger partial charge in [0.05, 0.1) is 21.4 Å². The summed E-state index contributed by atoms with van der Waals surface area (Å²) in [6, 6.07) is 43.0. The Morgan fingerprint density at radius 3 is 2.26 bits per heavy atom. The SMILES string of the molecule is CC1(C)c2ccccc2-c2c1ccc1cc3c(cc21)c1ccccc1n3-c1cccc2c1sc1ccccc12. The maximum Gasteiger partial charge on any atom is 0.0640 e. The van der Waals surface area contributed by atoms with Gasteiger partial charge < -0.3 is 4.57 Å². The topological polar surface area (TPSA) is 4.93 Å². The van der Waals surface area contributed by atoms with Crippen molar-refractivity contribution in [1.82, 2.24) is 4.57 Å². The van der Waals surface area contributed by atoms with Crippen molar-refractivity contribution in [1.29, 1.82) is 0 Å². The van der Waals surface area contributed by atoms with Gasteiger partial charge in [-0.1, -0.05) is 98.8 Å². The monoisotopic (exact) mass is 515 g/mol. The van der Waals surface area contributed by atoms with Crippen LogP contribution in [0.15, 0.2) is 115 Å². The van der Waals surface area contributed by atoms with Gasteiger partial charge in [-0.05, 0) is 63.4 Å². The van der Waals surface area contributed by atoms with Crippen LogP contribution >= 0.6 is 11.3 Å². The maximum absolute atomic E-state index is 2.49. The average molecular weight is 516 g/mol. The Hall–Kier alpha value is -4.40. The summed E-state index contributed by atoms with van der Waals surface area (Å²) in [5.74, 6) is 0. The number of rotatable bonds is 1. The van der Waals surface area contributed by atoms with Gasteiger partial charge in [0.15, 0.2) is 0 Å². The average Bonchev–Trinajstić information content (AvgIpc) is 3.58. The second kappa shape index (κ2) is 7.37. The first-order valence-electron chi connectivity index (χ1n) is 13.6. The predicted molar refractivity (Wildman–Crippen MR) is 169 cm³/mol. The minimum absolute atomic E-state index is 0.000104. The molecule has 9 rings (SSSR count). The van der Waals surface area contributed by atoms with Gasteiger partial charge in [-0.15, -0.1) is 11.3 Å². The van der Waals surface area contributed by atoms with Crippen LogP contribution in [0.5, 0.6) is 0 Å². The van der Waals surface area contributed by atoms with Gasteiger partial charge in [-0.25, -0.2) is 0 Å². The Morgan fingerprint density at radius 1 is 0.564 bits per heavy atom. The Bertz CT molecular complexity index is 2310. The summed E-state index contributed by atoms with van der Waals surface area (Å²) >= 11 is 1.89. The summed E-state index contributed by atoms with van der Waals surface area (Å²) < 4.78 is 5.17. The first-order chi connectivity index (χ1) is 19.1. The highest BCUT2D eigenvalue weighted by Crippen LogP contribution is 2.52. The van der Waals surface area contributed by atoms with E-state index < -0.39 is 0 Å². The summed E-state index contributed by atoms with van der Waals surface area (Å²) in [5.41, 5.74) is 9.40. The maximum atomic E-state index is 2.49. The van der Waals surface area contributed by atoms with Gasteiger partial charge >= 0.3 is 0 Å². The van der Waals surface area contributed by atoms with E-state index in [9.17, 15) is 0 Å². The molecular formula is C37H25NS. The lowest BCUT2D eigenvalue weighted by molar-refractivity contribution is 0.661. The summed E-state index contributed by atoms with van der Waals surface area (Å²) in [4.78, 5) is 0. The van der Waals surface area contributed by atoms with Crippen LogP contribution in [-0.2, 0) is 5.41 Å². The van der Waals surface area contributed by atoms with Crippen LogP contribution in [0, 0.1) is 0 Å². The molecule has 184 valence electrons. The molecule has 8 aromatic rings. The molecule has 0 radical (unpaired) electrons. The quantitative estimate of drug-likeness (QED) is 0.205. The molecule has 0 saturated heterocycles. The molecule has 0 amide bonds. The molecule has 2 heteroatoms. The minimum Gasteiger partial charge on any atom is -0.308 e. The third-order valence-corrected chi connectivity index (χ3v) is 10.2. The van der Waals surface area contributed by atoms with E-state index >= 15 is 0 Å². The van der Waals surface area contributed by atoms with Crippen LogP contribution in [-0.4, -0.2) is 4.57 Å². The van der Waals surface area contributed by atoms with E-state index in [2.05, 4.69) is 134 Å². The van der Waals surface area contributed by atoms with Gasteiger partial charge in [-0.3, -0.25) is 0 Å². The Labute approximate surface area is 230 Å². The normalized spacial score (nSPS) is 14.1. The molecule has 0 fully saturated rings. The van der Waals surface area contributed by atoms with Crippen LogP contribution in [0.4, 0.5) is 0 Å². The highest BCUT2D eigenvalue weighted by Gasteiger charge is 2.36. The molecule has 0 N–H and O–H groups in total. The van der Waals surface area contributed by atoms with Crippen LogP contribution in [0.1, 0.15) is 25.0 Å². The lowest BCUT2D eigenvalue weighted by Gasteiger charge is -2.21. The van der Waals surface area contributed by atoms with E-state index in [0.29, 0.717) is 0 Å². The standard InChI is InChI=1S/C37H25NS/c1-37(2)29-14-6-3-12-26(29)35-27-21-28-23-10-4-7-15-31(23)38(33(28)20-22(27)18-19-30(35)37)32-16-9-13-25-24-11-5-8-17-34(24)39-36(25)32/h3-21H,1-2H3. The zero-order valence-corrected chi connectivity index (χ0v) is 22.6. The summed E-state index contributed by atoms with van der Waals surface area (Å²) in [5, 5.41) is 7.92. The lowest BCUT2D eigenvalue weighted by atomic mass is 9.82. The lowest BCUT2D eigenvalue weighted by Crippen LogP contribution is -2.14. The highest BCUT2D eigenvalue weighted by molar-refractivity contribution is 7.26. The van der Waals surface area contributed by atoms with Gasteiger partial charge in [0.25, 0.3) is 0 Å². The van der Waals surface area contributed by atoms with E-state index in [1.807, 2.05) is 11.3 Å². The van der Waals surface area contributed by atoms with Crippen molar-refractivity contribution in [3.05, 3.63) is 126 Å². The van der Waals surface area contributed by atoms with Crippen molar-refractivity contribution < 1.29 is 0 Å². The number of benzene rings is 6. The van der Waals surface area contributed by atoms with Crippen LogP contribution in [0.3, 0.4) is 0 Å². The number of hydrogen-bond donors (Lipinski definition) is 0. The third-order valence-electron chi connectivity index (χ3n) is 8.98. The fraction of sp³-hybridized carbons (Fsp3) is 0.0811. The Kier molecular flexibility index (Phi) is 4.07. The summed E-state index contributed by atoms with van der Waals surface area (Å²) in [6.07, 6.45) is 0. The van der Waals surface area contributed by atoms with E-state index in [1.54, 1.807) is 0 Å². The smallest absolute Gasteiger partial charge is 0.0640 e. The predicted octanol–water partition coefficient (Wildman–Crippen LogP) is 10.6. The van der Waals surface area contributed by atoms with E-state index in [-0.39, 0.29) is 5.41 Å². The molecule has 39 heavy (non-hydrogen) atoms. The summed E-state index contributed by atoms with van der Waals surface area (Å²) in [7, 11) is 0. The molecule has 0 spiro atoms. The largest absolute Gasteiger partial charge is 0.308 e. The fourth-order valence-electron chi connectivity index (χ4n) is 7.16. The Morgan fingerprint density at radius 2 is 1.33 bits per heavy atom. The molecule has 1 nitrogen and oxygen atoms in total. The van der Waals surface area contributed by atoms with Crippen LogP contribution in [0.25, 0.3) is 69.6 Å². The van der Waals surface area contributed by atoms with Crippen molar-refractivity contribution >= 4 is 64.1 Å². The number of aromatic nitrogens is 1. The zero-order chi connectivity index (χ0) is 25.9. The number of fused-ring (bicyclic) bond motifs is 11. The van der Waals surface area contributed by atoms with Crippen molar-refractivity contribution in [3.63, 3.8) is 0 Å². The molecule has 0 aliphatic heterocycles. The van der Waals surface area contributed by atoms with Crippen molar-refractivity contribution in [2.45, 2.75) is 19.3 Å². The van der Waals surface area contributed by atoms with Gasteiger partial charge in [0.1, 0.15) is 0 Å². The third kappa shape index (κ3) is 2.69. The molecule has 1 aliphatic rings. The van der Waals surface area contributed by atoms with Crippen LogP contribution < -0.4 is 0 Å². The fourth-order valence-corrected chi connectivity index (χ4v) is 8.36. The van der Waals surface area contributed by atoms with Crippen molar-refractivity contribution in [2.75, 3.05) is 0 Å². The first kappa shape index (κ1) is 21.5. The Balaban J connectivity index is 1.43. The minimum atomic E-state index is -0.000104. The number of nitrogens with zero attached hydrogens (tertiary/aromatic N) is 1. The van der Waals surface area contributed by atoms with Crippen molar-refractivity contribution in [3.8, 4) is 16.8 Å². The van der Waals surface area contributed by atoms with Crippen molar-refractivity contribution in [2.24, 2.45) is 0 Å². The molecule has 2 heterocycles. The summed E-state index contributed by atoms with van der Waals surface area (Å²) in [6.45, 7) is 4.72. The zero-order valence-electron chi connectivity index (χ0n) is 21.8. The highest BCUT2D eigenvalue weighted by atomic mass is 32.1. The molecule has 0 bridgehead atoms. The first-order valence-corrected chi connectivity index (χ1v) is 14.4. The van der Waals surface area contributed by atoms with E-state index in [4.69, 9.17) is 0 Å². The molecule has 2 aromatic heterocycles. The number of thiophene rings is 1. The number of para-hydroxylation sites is 1. The molecular weight excluding hydrogens is 490 g/mol. The second-order valence-corrected chi connectivity index (χ2v) is 12.4. The van der Waals surface area contributed by atoms with Gasteiger partial charge in [0.2, 0.25) is 0 Å². The van der Waals surface area contributed by atoms with Gasteiger partial charge in [0, 0.05) is 31.7 Å². The number of hydrogen-bond acceptors (Lipinski definition) is 1. The van der Waals surface area contributed by atoms with E-state index in [1.165, 1.54) is 80.7 Å². The molecule has 0 unspecified atom stereocenters. The molecule has 0 saturated carbocycles.